The van der Waals surface area contributed by atoms with Gasteiger partial charge in [-0.3, -0.25) is 4.68 Å². The molecule has 0 aliphatic rings. The molecule has 0 aromatic carbocycles. The molecule has 4 nitrogen and oxygen atoms in total. The second-order valence-electron chi connectivity index (χ2n) is 4.01. The van der Waals surface area contributed by atoms with Crippen LogP contribution in [0.25, 0.3) is 0 Å². The minimum absolute atomic E-state index is 0.302. The minimum Gasteiger partial charge on any atom is -0.462 e. The summed E-state index contributed by atoms with van der Waals surface area (Å²) in [4.78, 5) is 11.8. The van der Waals surface area contributed by atoms with Gasteiger partial charge in [0.05, 0.1) is 12.3 Å². The van der Waals surface area contributed by atoms with E-state index in [0.717, 1.165) is 11.3 Å². The molecule has 1 aromatic heterocycles. The topological polar surface area (TPSA) is 44.1 Å². The van der Waals surface area contributed by atoms with Crippen molar-refractivity contribution < 1.29 is 9.53 Å². The fourth-order valence-electron chi connectivity index (χ4n) is 1.46. The average molecular weight is 222 g/mol. The van der Waals surface area contributed by atoms with Gasteiger partial charge in [0, 0.05) is 19.2 Å². The van der Waals surface area contributed by atoms with E-state index in [0.29, 0.717) is 24.3 Å². The molecule has 0 N–H and O–H groups in total. The number of aryl methyl sites for hydroxylation is 2. The fraction of sp³-hybridized carbons (Fsp3) is 0.500. The van der Waals surface area contributed by atoms with Gasteiger partial charge in [0.25, 0.3) is 0 Å². The van der Waals surface area contributed by atoms with Crippen LogP contribution in [0.5, 0.6) is 0 Å². The Morgan fingerprint density at radius 2 is 2.12 bits per heavy atom. The monoisotopic (exact) mass is 222 g/mol. The summed E-state index contributed by atoms with van der Waals surface area (Å²) in [6.07, 6.45) is 0.699. The molecular formula is C12H18N2O2. The highest BCUT2D eigenvalue weighted by Crippen LogP contribution is 2.13. The summed E-state index contributed by atoms with van der Waals surface area (Å²) in [6.45, 7) is 9.71. The fourth-order valence-corrected chi connectivity index (χ4v) is 1.46. The number of hydrogen-bond acceptors (Lipinski definition) is 3. The van der Waals surface area contributed by atoms with E-state index in [1.54, 1.807) is 4.68 Å². The number of rotatable bonds is 4. The Hall–Kier alpha value is -1.58. The van der Waals surface area contributed by atoms with Crippen LogP contribution in [0.1, 0.15) is 35.1 Å². The Morgan fingerprint density at radius 3 is 2.56 bits per heavy atom. The van der Waals surface area contributed by atoms with Crippen molar-refractivity contribution in [3.8, 4) is 0 Å². The van der Waals surface area contributed by atoms with Crippen LogP contribution in [0.4, 0.5) is 0 Å². The second kappa shape index (κ2) is 4.96. The van der Waals surface area contributed by atoms with E-state index < -0.39 is 0 Å². The summed E-state index contributed by atoms with van der Waals surface area (Å²) in [6, 6.07) is 0. The van der Waals surface area contributed by atoms with E-state index in [9.17, 15) is 4.79 Å². The molecule has 0 fully saturated rings. The standard InChI is InChI=1S/C12H18N2O2/c1-8(2)6-7-16-12(15)11-9(3)13-14(5)10(11)4/h1,6-7H2,2-5H3. The molecule has 1 rings (SSSR count). The minimum atomic E-state index is -0.302. The SMILES string of the molecule is C=C(C)CCOC(=O)c1c(C)nn(C)c1C. The molecule has 0 aliphatic heterocycles. The summed E-state index contributed by atoms with van der Waals surface area (Å²) in [5.74, 6) is -0.302. The van der Waals surface area contributed by atoms with Crippen LogP contribution >= 0.6 is 0 Å². The van der Waals surface area contributed by atoms with Crippen molar-refractivity contribution in [2.24, 2.45) is 7.05 Å². The van der Waals surface area contributed by atoms with Crippen molar-refractivity contribution in [1.82, 2.24) is 9.78 Å². The zero-order valence-corrected chi connectivity index (χ0v) is 10.3. The lowest BCUT2D eigenvalue weighted by Crippen LogP contribution is -2.09. The van der Waals surface area contributed by atoms with Crippen LogP contribution in [0.2, 0.25) is 0 Å². The number of carbonyl (C=O) groups is 1. The molecule has 4 heteroatoms. The first kappa shape index (κ1) is 12.5. The Bertz CT molecular complexity index is 419. The molecular weight excluding hydrogens is 204 g/mol. The third-order valence-corrected chi connectivity index (χ3v) is 2.48. The maximum atomic E-state index is 11.8. The summed E-state index contributed by atoms with van der Waals surface area (Å²) >= 11 is 0. The Labute approximate surface area is 95.9 Å². The summed E-state index contributed by atoms with van der Waals surface area (Å²) in [7, 11) is 1.81. The number of hydrogen-bond donors (Lipinski definition) is 0. The van der Waals surface area contributed by atoms with Crippen molar-refractivity contribution in [1.29, 1.82) is 0 Å². The average Bonchev–Trinajstić information content (AvgIpc) is 2.40. The van der Waals surface area contributed by atoms with E-state index in [1.165, 1.54) is 0 Å². The summed E-state index contributed by atoms with van der Waals surface area (Å²) in [5, 5.41) is 4.17. The van der Waals surface area contributed by atoms with Crippen LogP contribution in [0.15, 0.2) is 12.2 Å². The molecule has 0 amide bonds. The molecule has 0 unspecified atom stereocenters. The molecule has 0 spiro atoms. The zero-order chi connectivity index (χ0) is 12.3. The van der Waals surface area contributed by atoms with Gasteiger partial charge in [-0.2, -0.15) is 5.10 Å². The number of ether oxygens (including phenoxy) is 1. The van der Waals surface area contributed by atoms with E-state index >= 15 is 0 Å². The molecule has 1 aromatic rings. The number of carbonyl (C=O) groups excluding carboxylic acids is 1. The zero-order valence-electron chi connectivity index (χ0n) is 10.3. The number of nitrogens with zero attached hydrogens (tertiary/aromatic N) is 2. The van der Waals surface area contributed by atoms with E-state index in [-0.39, 0.29) is 5.97 Å². The van der Waals surface area contributed by atoms with Gasteiger partial charge in [0.15, 0.2) is 0 Å². The van der Waals surface area contributed by atoms with Crippen LogP contribution < -0.4 is 0 Å². The molecule has 0 bridgehead atoms. The van der Waals surface area contributed by atoms with Crippen molar-refractivity contribution in [3.05, 3.63) is 29.1 Å². The molecule has 16 heavy (non-hydrogen) atoms. The maximum Gasteiger partial charge on any atom is 0.341 e. The van der Waals surface area contributed by atoms with Gasteiger partial charge < -0.3 is 4.74 Å². The van der Waals surface area contributed by atoms with Crippen molar-refractivity contribution >= 4 is 5.97 Å². The highest BCUT2D eigenvalue weighted by Gasteiger charge is 2.18. The second-order valence-corrected chi connectivity index (χ2v) is 4.01. The van der Waals surface area contributed by atoms with Crippen LogP contribution in [0.3, 0.4) is 0 Å². The number of esters is 1. The van der Waals surface area contributed by atoms with Gasteiger partial charge in [-0.05, 0) is 20.8 Å². The van der Waals surface area contributed by atoms with Gasteiger partial charge in [0.1, 0.15) is 5.56 Å². The third-order valence-electron chi connectivity index (χ3n) is 2.48. The predicted molar refractivity (Wildman–Crippen MR) is 62.4 cm³/mol. The normalized spacial score (nSPS) is 10.2. The predicted octanol–water partition coefficient (Wildman–Crippen LogP) is 2.16. The van der Waals surface area contributed by atoms with Crippen molar-refractivity contribution in [3.63, 3.8) is 0 Å². The quantitative estimate of drug-likeness (QED) is 0.579. The summed E-state index contributed by atoms with van der Waals surface area (Å²) < 4.78 is 6.85. The Kier molecular flexibility index (Phi) is 3.88. The van der Waals surface area contributed by atoms with E-state index in [2.05, 4.69) is 11.7 Å². The highest BCUT2D eigenvalue weighted by molar-refractivity contribution is 5.91. The highest BCUT2D eigenvalue weighted by atomic mass is 16.5. The Morgan fingerprint density at radius 1 is 1.50 bits per heavy atom. The van der Waals surface area contributed by atoms with E-state index in [4.69, 9.17) is 4.74 Å². The van der Waals surface area contributed by atoms with Crippen molar-refractivity contribution in [2.45, 2.75) is 27.2 Å². The van der Waals surface area contributed by atoms with E-state index in [1.807, 2.05) is 27.8 Å². The van der Waals surface area contributed by atoms with Gasteiger partial charge >= 0.3 is 5.97 Å². The van der Waals surface area contributed by atoms with Crippen LogP contribution in [-0.4, -0.2) is 22.4 Å². The van der Waals surface area contributed by atoms with Gasteiger partial charge in [-0.1, -0.05) is 5.57 Å². The molecule has 0 radical (unpaired) electrons. The first-order valence-corrected chi connectivity index (χ1v) is 5.25. The third kappa shape index (κ3) is 2.72. The first-order chi connectivity index (χ1) is 7.43. The van der Waals surface area contributed by atoms with Crippen molar-refractivity contribution in [2.75, 3.05) is 6.61 Å². The van der Waals surface area contributed by atoms with Crippen LogP contribution in [0, 0.1) is 13.8 Å². The Balaban J connectivity index is 2.70. The first-order valence-electron chi connectivity index (χ1n) is 5.25. The molecule has 0 aliphatic carbocycles. The smallest absolute Gasteiger partial charge is 0.341 e. The van der Waals surface area contributed by atoms with Gasteiger partial charge in [-0.15, -0.1) is 6.58 Å². The maximum absolute atomic E-state index is 11.8. The van der Waals surface area contributed by atoms with Gasteiger partial charge in [-0.25, -0.2) is 4.79 Å². The number of aromatic nitrogens is 2. The molecule has 0 saturated heterocycles. The summed E-state index contributed by atoms with van der Waals surface area (Å²) in [5.41, 5.74) is 3.12. The molecule has 88 valence electrons. The largest absolute Gasteiger partial charge is 0.462 e. The lowest BCUT2D eigenvalue weighted by molar-refractivity contribution is 0.0507. The van der Waals surface area contributed by atoms with Crippen LogP contribution in [-0.2, 0) is 11.8 Å². The molecule has 1 heterocycles. The molecule has 0 saturated carbocycles. The lowest BCUT2D eigenvalue weighted by Gasteiger charge is -2.04. The lowest BCUT2D eigenvalue weighted by atomic mass is 10.2. The van der Waals surface area contributed by atoms with Gasteiger partial charge in [0.2, 0.25) is 0 Å². The molecule has 0 atom stereocenters.